The van der Waals surface area contributed by atoms with Gasteiger partial charge in [-0.25, -0.2) is 4.39 Å². The van der Waals surface area contributed by atoms with E-state index in [-0.39, 0.29) is 5.82 Å². The highest BCUT2D eigenvalue weighted by atomic mass is 19.1. The van der Waals surface area contributed by atoms with Crippen molar-refractivity contribution in [2.45, 2.75) is 45.2 Å². The zero-order valence-corrected chi connectivity index (χ0v) is 9.88. The molecule has 0 spiro atoms. The van der Waals surface area contributed by atoms with E-state index in [1.807, 2.05) is 6.07 Å². The molecule has 2 heteroatoms. The summed E-state index contributed by atoms with van der Waals surface area (Å²) < 4.78 is 13.0. The van der Waals surface area contributed by atoms with Gasteiger partial charge in [-0.3, -0.25) is 0 Å². The van der Waals surface area contributed by atoms with Gasteiger partial charge in [-0.15, -0.1) is 0 Å². The Hall–Kier alpha value is -0.890. The molecule has 0 aliphatic heterocycles. The maximum atomic E-state index is 13.0. The maximum absolute atomic E-state index is 13.0. The summed E-state index contributed by atoms with van der Waals surface area (Å²) in [5.41, 5.74) is 1.04. The highest BCUT2D eigenvalue weighted by Crippen LogP contribution is 2.23. The summed E-state index contributed by atoms with van der Waals surface area (Å²) in [5, 5.41) is 3.55. The van der Waals surface area contributed by atoms with Gasteiger partial charge in [0.05, 0.1) is 0 Å². The Labute approximate surface area is 97.1 Å². The molecule has 2 atom stereocenters. The average molecular weight is 221 g/mol. The normalized spacial score (nSPS) is 25.6. The molecule has 0 amide bonds. The number of nitrogens with one attached hydrogen (secondary N) is 1. The minimum absolute atomic E-state index is 0.143. The van der Waals surface area contributed by atoms with E-state index < -0.39 is 0 Å². The number of benzene rings is 1. The molecule has 0 aromatic heterocycles. The smallest absolute Gasteiger partial charge is 0.123 e. The molecule has 1 N–H and O–H groups in total. The highest BCUT2D eigenvalue weighted by molar-refractivity contribution is 5.16. The summed E-state index contributed by atoms with van der Waals surface area (Å²) in [5.74, 6) is 0.610. The van der Waals surface area contributed by atoms with Gasteiger partial charge in [0.1, 0.15) is 5.82 Å². The van der Waals surface area contributed by atoms with Crippen molar-refractivity contribution in [3.63, 3.8) is 0 Å². The fourth-order valence-electron chi connectivity index (χ4n) is 2.52. The van der Waals surface area contributed by atoms with Gasteiger partial charge in [0.2, 0.25) is 0 Å². The van der Waals surface area contributed by atoms with Gasteiger partial charge in [-0.05, 0) is 36.5 Å². The molecule has 1 aliphatic carbocycles. The zero-order chi connectivity index (χ0) is 11.4. The summed E-state index contributed by atoms with van der Waals surface area (Å²) in [6.07, 6.45) is 5.27. The summed E-state index contributed by atoms with van der Waals surface area (Å²) in [6, 6.07) is 7.46. The van der Waals surface area contributed by atoms with Gasteiger partial charge in [-0.2, -0.15) is 0 Å². The molecule has 1 saturated carbocycles. The van der Waals surface area contributed by atoms with Crippen LogP contribution >= 0.6 is 0 Å². The first kappa shape index (κ1) is 11.6. The highest BCUT2D eigenvalue weighted by Gasteiger charge is 2.20. The molecule has 1 aliphatic rings. The molecule has 1 nitrogen and oxygen atoms in total. The number of hydrogen-bond donors (Lipinski definition) is 1. The second-order valence-electron chi connectivity index (χ2n) is 4.88. The first-order chi connectivity index (χ1) is 7.75. The third kappa shape index (κ3) is 3.05. The zero-order valence-electron chi connectivity index (χ0n) is 9.88. The van der Waals surface area contributed by atoms with E-state index in [0.717, 1.165) is 18.0 Å². The second kappa shape index (κ2) is 5.44. The molecule has 0 saturated heterocycles. The molecule has 1 aromatic rings. The van der Waals surface area contributed by atoms with Crippen molar-refractivity contribution in [2.24, 2.45) is 5.92 Å². The van der Waals surface area contributed by atoms with E-state index in [4.69, 9.17) is 0 Å². The van der Waals surface area contributed by atoms with Crippen LogP contribution in [-0.2, 0) is 6.54 Å². The van der Waals surface area contributed by atoms with Crippen LogP contribution in [0.15, 0.2) is 24.3 Å². The quantitative estimate of drug-likeness (QED) is 0.823. The molecule has 2 rings (SSSR count). The van der Waals surface area contributed by atoms with Gasteiger partial charge in [0.15, 0.2) is 0 Å². The van der Waals surface area contributed by atoms with E-state index in [2.05, 4.69) is 12.2 Å². The Kier molecular flexibility index (Phi) is 3.94. The van der Waals surface area contributed by atoms with Gasteiger partial charge in [0.25, 0.3) is 0 Å². The fraction of sp³-hybridized carbons (Fsp3) is 0.571. The fourth-order valence-corrected chi connectivity index (χ4v) is 2.52. The third-order valence-corrected chi connectivity index (χ3v) is 3.57. The van der Waals surface area contributed by atoms with Gasteiger partial charge in [0, 0.05) is 12.6 Å². The molecular formula is C14H20FN. The lowest BCUT2D eigenvalue weighted by Crippen LogP contribution is -2.36. The van der Waals surface area contributed by atoms with Crippen molar-refractivity contribution in [3.8, 4) is 0 Å². The molecule has 1 fully saturated rings. The third-order valence-electron chi connectivity index (χ3n) is 3.57. The van der Waals surface area contributed by atoms with Gasteiger partial charge < -0.3 is 5.32 Å². The monoisotopic (exact) mass is 221 g/mol. The Morgan fingerprint density at radius 3 is 2.88 bits per heavy atom. The summed E-state index contributed by atoms with van der Waals surface area (Å²) in [7, 11) is 0. The maximum Gasteiger partial charge on any atom is 0.123 e. The summed E-state index contributed by atoms with van der Waals surface area (Å²) in [6.45, 7) is 3.09. The molecule has 2 unspecified atom stereocenters. The molecule has 16 heavy (non-hydrogen) atoms. The summed E-state index contributed by atoms with van der Waals surface area (Å²) >= 11 is 0. The second-order valence-corrected chi connectivity index (χ2v) is 4.88. The number of halogens is 1. The Morgan fingerprint density at radius 2 is 2.12 bits per heavy atom. The molecule has 0 heterocycles. The lowest BCUT2D eigenvalue weighted by atomic mass is 9.86. The lowest BCUT2D eigenvalue weighted by molar-refractivity contribution is 0.279. The number of hydrogen-bond acceptors (Lipinski definition) is 1. The predicted octanol–water partition coefficient (Wildman–Crippen LogP) is 3.49. The summed E-state index contributed by atoms with van der Waals surface area (Å²) in [4.78, 5) is 0. The minimum Gasteiger partial charge on any atom is -0.310 e. The van der Waals surface area contributed by atoms with Crippen LogP contribution in [0.1, 0.15) is 38.2 Å². The van der Waals surface area contributed by atoms with Crippen LogP contribution in [0.2, 0.25) is 0 Å². The van der Waals surface area contributed by atoms with Crippen LogP contribution in [0.5, 0.6) is 0 Å². The van der Waals surface area contributed by atoms with E-state index >= 15 is 0 Å². The standard InChI is InChI=1S/C14H20FN/c1-11-5-2-3-8-14(11)16-10-12-6-4-7-13(15)9-12/h4,6-7,9,11,14,16H,2-3,5,8,10H2,1H3. The van der Waals surface area contributed by atoms with Crippen molar-refractivity contribution < 1.29 is 4.39 Å². The lowest BCUT2D eigenvalue weighted by Gasteiger charge is -2.29. The molecule has 0 radical (unpaired) electrons. The number of rotatable bonds is 3. The molecule has 88 valence electrons. The van der Waals surface area contributed by atoms with Crippen LogP contribution in [0.25, 0.3) is 0 Å². The topological polar surface area (TPSA) is 12.0 Å². The van der Waals surface area contributed by atoms with Crippen molar-refractivity contribution in [3.05, 3.63) is 35.6 Å². The van der Waals surface area contributed by atoms with Crippen LogP contribution in [0.4, 0.5) is 4.39 Å². The van der Waals surface area contributed by atoms with Gasteiger partial charge >= 0.3 is 0 Å². The van der Waals surface area contributed by atoms with Crippen LogP contribution in [0, 0.1) is 11.7 Å². The largest absolute Gasteiger partial charge is 0.310 e. The van der Waals surface area contributed by atoms with Crippen molar-refractivity contribution in [1.29, 1.82) is 0 Å². The Morgan fingerprint density at radius 1 is 1.31 bits per heavy atom. The SMILES string of the molecule is CC1CCCCC1NCc1cccc(F)c1. The van der Waals surface area contributed by atoms with E-state index in [9.17, 15) is 4.39 Å². The Balaban J connectivity index is 1.86. The van der Waals surface area contributed by atoms with E-state index in [0.29, 0.717) is 6.04 Å². The average Bonchev–Trinajstić information content (AvgIpc) is 2.28. The predicted molar refractivity (Wildman–Crippen MR) is 64.7 cm³/mol. The molecule has 0 bridgehead atoms. The van der Waals surface area contributed by atoms with Crippen molar-refractivity contribution >= 4 is 0 Å². The van der Waals surface area contributed by atoms with E-state index in [1.54, 1.807) is 12.1 Å². The van der Waals surface area contributed by atoms with E-state index in [1.165, 1.54) is 31.7 Å². The van der Waals surface area contributed by atoms with Crippen LogP contribution in [0.3, 0.4) is 0 Å². The first-order valence-electron chi connectivity index (χ1n) is 6.23. The van der Waals surface area contributed by atoms with Crippen molar-refractivity contribution in [1.82, 2.24) is 5.32 Å². The first-order valence-corrected chi connectivity index (χ1v) is 6.23. The van der Waals surface area contributed by atoms with Gasteiger partial charge in [-0.1, -0.05) is 31.9 Å². The van der Waals surface area contributed by atoms with Crippen molar-refractivity contribution in [2.75, 3.05) is 0 Å². The van der Waals surface area contributed by atoms with Crippen LogP contribution < -0.4 is 5.32 Å². The molecular weight excluding hydrogens is 201 g/mol. The molecule has 1 aromatic carbocycles. The van der Waals surface area contributed by atoms with Crippen LogP contribution in [-0.4, -0.2) is 6.04 Å². The minimum atomic E-state index is -0.143. The Bertz CT molecular complexity index is 337.